The molecule has 2 fully saturated rings. The molecule has 5 heteroatoms. The molecule has 34 heavy (non-hydrogen) atoms. The molecule has 5 rings (SSSR count). The van der Waals surface area contributed by atoms with E-state index >= 15 is 0 Å². The normalized spacial score (nSPS) is 16.9. The van der Waals surface area contributed by atoms with Gasteiger partial charge in [-0.15, -0.1) is 0 Å². The number of likely N-dealkylation sites (tertiary alicyclic amines) is 1. The number of rotatable bonds is 8. The number of carbonyl (C=O) groups is 1. The SMILES string of the molecule is Cc1ccc(CNc2ccccc2N[C@@H](Cc2ccc(C)cc2)C(=O)N2CC3(COC3)C2)cc1. The minimum absolute atomic E-state index is 0.159. The molecule has 0 aromatic heterocycles. The van der Waals surface area contributed by atoms with E-state index in [1.807, 2.05) is 23.1 Å². The Morgan fingerprint density at radius 3 is 2.06 bits per heavy atom. The third-order valence-electron chi connectivity index (χ3n) is 6.90. The monoisotopic (exact) mass is 455 g/mol. The van der Waals surface area contributed by atoms with Crippen molar-refractivity contribution in [2.24, 2.45) is 5.41 Å². The molecule has 0 radical (unpaired) electrons. The van der Waals surface area contributed by atoms with Gasteiger partial charge >= 0.3 is 0 Å². The number of ether oxygens (including phenoxy) is 1. The van der Waals surface area contributed by atoms with Gasteiger partial charge in [-0.05, 0) is 37.1 Å². The molecule has 2 saturated heterocycles. The fourth-order valence-electron chi connectivity index (χ4n) is 4.73. The maximum atomic E-state index is 13.6. The van der Waals surface area contributed by atoms with E-state index in [2.05, 4.69) is 79.1 Å². The molecule has 1 spiro atoms. The van der Waals surface area contributed by atoms with Crippen LogP contribution in [0.3, 0.4) is 0 Å². The first-order valence-electron chi connectivity index (χ1n) is 12.1. The fraction of sp³-hybridized carbons (Fsp3) is 0.345. The number of nitrogens with one attached hydrogen (secondary N) is 2. The standard InChI is InChI=1S/C29H33N3O2/c1-21-7-11-23(12-8-21)15-27(28(33)32-17-29(18-32)19-34-20-29)31-26-6-4-3-5-25(26)30-16-24-13-9-22(2)10-14-24/h3-14,27,30-31H,15-20H2,1-2H3/t27-/m0/s1. The van der Waals surface area contributed by atoms with Gasteiger partial charge in [0.15, 0.2) is 0 Å². The van der Waals surface area contributed by atoms with Crippen LogP contribution in [0.4, 0.5) is 11.4 Å². The fourth-order valence-corrected chi connectivity index (χ4v) is 4.73. The number of aryl methyl sites for hydroxylation is 2. The van der Waals surface area contributed by atoms with Crippen LogP contribution in [-0.4, -0.2) is 43.2 Å². The quantitative estimate of drug-likeness (QED) is 0.512. The van der Waals surface area contributed by atoms with Crippen LogP contribution in [0.5, 0.6) is 0 Å². The molecule has 2 aliphatic heterocycles. The van der Waals surface area contributed by atoms with Gasteiger partial charge in [0.25, 0.3) is 0 Å². The summed E-state index contributed by atoms with van der Waals surface area (Å²) in [6, 6.07) is 24.8. The number of para-hydroxylation sites is 2. The highest BCUT2D eigenvalue weighted by Gasteiger charge is 2.51. The maximum Gasteiger partial charge on any atom is 0.245 e. The van der Waals surface area contributed by atoms with Crippen molar-refractivity contribution in [1.29, 1.82) is 0 Å². The van der Waals surface area contributed by atoms with Crippen molar-refractivity contribution in [1.82, 2.24) is 4.90 Å². The lowest BCUT2D eigenvalue weighted by molar-refractivity contribution is -0.195. The van der Waals surface area contributed by atoms with E-state index in [9.17, 15) is 4.79 Å². The zero-order chi connectivity index (χ0) is 23.5. The van der Waals surface area contributed by atoms with Crippen LogP contribution < -0.4 is 10.6 Å². The van der Waals surface area contributed by atoms with Crippen molar-refractivity contribution in [2.45, 2.75) is 32.9 Å². The first-order valence-corrected chi connectivity index (χ1v) is 12.1. The van der Waals surface area contributed by atoms with Crippen LogP contribution >= 0.6 is 0 Å². The first-order chi connectivity index (χ1) is 16.5. The van der Waals surface area contributed by atoms with Crippen LogP contribution in [0.25, 0.3) is 0 Å². The van der Waals surface area contributed by atoms with Crippen LogP contribution in [0.15, 0.2) is 72.8 Å². The summed E-state index contributed by atoms with van der Waals surface area (Å²) in [4.78, 5) is 15.5. The summed E-state index contributed by atoms with van der Waals surface area (Å²) >= 11 is 0. The van der Waals surface area contributed by atoms with Crippen LogP contribution in [0.2, 0.25) is 0 Å². The maximum absolute atomic E-state index is 13.6. The van der Waals surface area contributed by atoms with Gasteiger partial charge in [-0.2, -0.15) is 0 Å². The molecular weight excluding hydrogens is 422 g/mol. The minimum atomic E-state index is -0.330. The number of hydrogen-bond donors (Lipinski definition) is 2. The molecule has 176 valence electrons. The van der Waals surface area contributed by atoms with Gasteiger partial charge in [-0.25, -0.2) is 0 Å². The van der Waals surface area contributed by atoms with Gasteiger partial charge in [0.1, 0.15) is 6.04 Å². The Kier molecular flexibility index (Phi) is 6.29. The van der Waals surface area contributed by atoms with E-state index in [1.54, 1.807) is 0 Å². The molecule has 0 aliphatic carbocycles. The summed E-state index contributed by atoms with van der Waals surface area (Å²) in [7, 11) is 0. The molecule has 0 unspecified atom stereocenters. The molecule has 2 aliphatic rings. The Morgan fingerprint density at radius 1 is 0.882 bits per heavy atom. The summed E-state index contributed by atoms with van der Waals surface area (Å²) in [5.41, 5.74) is 7.01. The van der Waals surface area contributed by atoms with Gasteiger partial charge < -0.3 is 20.3 Å². The summed E-state index contributed by atoms with van der Waals surface area (Å²) < 4.78 is 5.39. The average Bonchev–Trinajstić information content (AvgIpc) is 2.78. The van der Waals surface area contributed by atoms with Crippen molar-refractivity contribution in [3.8, 4) is 0 Å². The second-order valence-electron chi connectivity index (χ2n) is 9.96. The second kappa shape index (κ2) is 9.51. The topological polar surface area (TPSA) is 53.6 Å². The number of amides is 1. The van der Waals surface area contributed by atoms with Gasteiger partial charge in [0.05, 0.1) is 30.0 Å². The Labute approximate surface area is 202 Å². The zero-order valence-electron chi connectivity index (χ0n) is 20.0. The molecule has 2 N–H and O–H groups in total. The van der Waals surface area contributed by atoms with Crippen LogP contribution in [0, 0.1) is 19.3 Å². The van der Waals surface area contributed by atoms with E-state index < -0.39 is 0 Å². The second-order valence-corrected chi connectivity index (χ2v) is 9.96. The number of anilines is 2. The highest BCUT2D eigenvalue weighted by Crippen LogP contribution is 2.38. The smallest absolute Gasteiger partial charge is 0.245 e. The molecule has 0 bridgehead atoms. The number of nitrogens with zero attached hydrogens (tertiary/aromatic N) is 1. The number of carbonyl (C=O) groups excluding carboxylic acids is 1. The van der Waals surface area contributed by atoms with Crippen molar-refractivity contribution in [3.05, 3.63) is 95.1 Å². The predicted molar refractivity (Wildman–Crippen MR) is 137 cm³/mol. The van der Waals surface area contributed by atoms with E-state index in [1.165, 1.54) is 16.7 Å². The van der Waals surface area contributed by atoms with Crippen LogP contribution in [-0.2, 0) is 22.5 Å². The van der Waals surface area contributed by atoms with Gasteiger partial charge in [0, 0.05) is 26.1 Å². The minimum Gasteiger partial charge on any atom is -0.380 e. The molecule has 5 nitrogen and oxygen atoms in total. The van der Waals surface area contributed by atoms with E-state index in [0.717, 1.165) is 49.8 Å². The lowest BCUT2D eigenvalue weighted by Crippen LogP contribution is -2.68. The van der Waals surface area contributed by atoms with Crippen LogP contribution in [0.1, 0.15) is 22.3 Å². The average molecular weight is 456 g/mol. The predicted octanol–water partition coefficient (Wildman–Crippen LogP) is 4.80. The van der Waals surface area contributed by atoms with Crippen molar-refractivity contribution in [3.63, 3.8) is 0 Å². The molecular formula is C29H33N3O2. The zero-order valence-corrected chi connectivity index (χ0v) is 20.0. The summed E-state index contributed by atoms with van der Waals surface area (Å²) in [6.45, 7) is 8.05. The summed E-state index contributed by atoms with van der Waals surface area (Å²) in [5, 5.41) is 7.13. The molecule has 2 heterocycles. The molecule has 0 saturated carbocycles. The van der Waals surface area contributed by atoms with Crippen molar-refractivity contribution >= 4 is 17.3 Å². The Hall–Kier alpha value is -3.31. The number of benzene rings is 3. The lowest BCUT2D eigenvalue weighted by atomic mass is 9.77. The van der Waals surface area contributed by atoms with E-state index in [-0.39, 0.29) is 17.4 Å². The molecule has 1 amide bonds. The Balaban J connectivity index is 1.32. The van der Waals surface area contributed by atoms with Crippen molar-refractivity contribution in [2.75, 3.05) is 36.9 Å². The molecule has 1 atom stereocenters. The third-order valence-corrected chi connectivity index (χ3v) is 6.90. The third kappa shape index (κ3) is 4.95. The largest absolute Gasteiger partial charge is 0.380 e. The van der Waals surface area contributed by atoms with Gasteiger partial charge in [-0.1, -0.05) is 71.8 Å². The highest BCUT2D eigenvalue weighted by atomic mass is 16.5. The molecule has 3 aromatic carbocycles. The summed E-state index contributed by atoms with van der Waals surface area (Å²) in [5.74, 6) is 0.159. The first kappa shape index (κ1) is 22.5. The Bertz CT molecular complexity index is 1130. The summed E-state index contributed by atoms with van der Waals surface area (Å²) in [6.07, 6.45) is 0.644. The lowest BCUT2D eigenvalue weighted by Gasteiger charge is -2.55. The van der Waals surface area contributed by atoms with Crippen molar-refractivity contribution < 1.29 is 9.53 Å². The van der Waals surface area contributed by atoms with E-state index in [4.69, 9.17) is 4.74 Å². The highest BCUT2D eigenvalue weighted by molar-refractivity contribution is 5.87. The van der Waals surface area contributed by atoms with Gasteiger partial charge in [-0.3, -0.25) is 4.79 Å². The van der Waals surface area contributed by atoms with E-state index in [0.29, 0.717) is 6.42 Å². The Morgan fingerprint density at radius 2 is 1.47 bits per heavy atom. The molecule has 3 aromatic rings. The van der Waals surface area contributed by atoms with Gasteiger partial charge in [0.2, 0.25) is 5.91 Å². The number of hydrogen-bond acceptors (Lipinski definition) is 4.